The van der Waals surface area contributed by atoms with Gasteiger partial charge in [0.1, 0.15) is 0 Å². The quantitative estimate of drug-likeness (QED) is 0.733. The van der Waals surface area contributed by atoms with Gasteiger partial charge in [-0.1, -0.05) is 31.0 Å². The Morgan fingerprint density at radius 1 is 1.14 bits per heavy atom. The molecular weight excluding hydrogens is 300 g/mol. The number of hydrogen-bond acceptors (Lipinski definition) is 3. The number of nitrogens with zero attached hydrogens (tertiary/aromatic N) is 2. The van der Waals surface area contributed by atoms with E-state index >= 15 is 0 Å². The third-order valence-corrected chi connectivity index (χ3v) is 3.25. The van der Waals surface area contributed by atoms with E-state index in [-0.39, 0.29) is 18.3 Å². The van der Waals surface area contributed by atoms with Gasteiger partial charge in [-0.3, -0.25) is 4.79 Å². The zero-order valence-electron chi connectivity index (χ0n) is 12.6. The number of aromatic nitrogens is 2. The molecule has 1 aromatic carbocycles. The number of rotatable bonds is 8. The van der Waals surface area contributed by atoms with Crippen LogP contribution >= 0.6 is 12.4 Å². The highest BCUT2D eigenvalue weighted by Crippen LogP contribution is 2.12. The molecule has 0 saturated heterocycles. The van der Waals surface area contributed by atoms with Crippen LogP contribution in [0.1, 0.15) is 32.1 Å². The van der Waals surface area contributed by atoms with Crippen molar-refractivity contribution in [3.63, 3.8) is 0 Å². The van der Waals surface area contributed by atoms with E-state index in [1.54, 1.807) is 10.9 Å². The van der Waals surface area contributed by atoms with Crippen molar-refractivity contribution in [2.75, 3.05) is 11.9 Å². The molecule has 5 nitrogen and oxygen atoms in total. The Labute approximate surface area is 137 Å². The minimum absolute atomic E-state index is 0. The summed E-state index contributed by atoms with van der Waals surface area (Å²) in [6.45, 7) is 0.727. The molecule has 120 valence electrons. The highest BCUT2D eigenvalue weighted by molar-refractivity contribution is 5.90. The molecule has 0 aliphatic rings. The van der Waals surface area contributed by atoms with Crippen molar-refractivity contribution in [3.05, 3.63) is 42.7 Å². The fraction of sp³-hybridized carbons (Fsp3) is 0.375. The smallest absolute Gasteiger partial charge is 0.224 e. The molecule has 0 fully saturated rings. The number of carbonyl (C=O) groups excluding carboxylic acids is 1. The zero-order chi connectivity index (χ0) is 14.9. The standard InChI is InChI=1S/C16H22N4O.ClH/c17-11-7-2-1-6-10-16(21)19-14-12-18-20(13-14)15-8-4-3-5-9-15;/h3-5,8-9,12-13H,1-2,6-7,10-11,17H2,(H,19,21);1H. The van der Waals surface area contributed by atoms with Crippen molar-refractivity contribution in [2.45, 2.75) is 32.1 Å². The normalized spacial score (nSPS) is 10.0. The highest BCUT2D eigenvalue weighted by atomic mass is 35.5. The molecule has 1 heterocycles. The Morgan fingerprint density at radius 3 is 2.59 bits per heavy atom. The molecule has 2 rings (SSSR count). The van der Waals surface area contributed by atoms with Gasteiger partial charge in [-0.25, -0.2) is 4.68 Å². The second-order valence-corrected chi connectivity index (χ2v) is 5.01. The lowest BCUT2D eigenvalue weighted by Crippen LogP contribution is -2.10. The summed E-state index contributed by atoms with van der Waals surface area (Å²) in [5, 5.41) is 7.12. The van der Waals surface area contributed by atoms with Crippen molar-refractivity contribution >= 4 is 24.0 Å². The summed E-state index contributed by atoms with van der Waals surface area (Å²) in [5.41, 5.74) is 7.13. The van der Waals surface area contributed by atoms with Gasteiger partial charge in [0.2, 0.25) is 5.91 Å². The van der Waals surface area contributed by atoms with Crippen LogP contribution in [-0.4, -0.2) is 22.2 Å². The molecule has 0 aliphatic carbocycles. The minimum atomic E-state index is 0. The molecule has 0 bridgehead atoms. The van der Waals surface area contributed by atoms with Gasteiger partial charge in [0.05, 0.1) is 23.8 Å². The first-order valence-electron chi connectivity index (χ1n) is 7.39. The summed E-state index contributed by atoms with van der Waals surface area (Å²) in [6, 6.07) is 9.81. The summed E-state index contributed by atoms with van der Waals surface area (Å²) >= 11 is 0. The van der Waals surface area contributed by atoms with Gasteiger partial charge in [0, 0.05) is 6.42 Å². The van der Waals surface area contributed by atoms with Gasteiger partial charge in [-0.2, -0.15) is 5.10 Å². The molecule has 0 saturated carbocycles. The number of anilines is 1. The van der Waals surface area contributed by atoms with Crippen molar-refractivity contribution in [1.82, 2.24) is 9.78 Å². The number of nitrogens with one attached hydrogen (secondary N) is 1. The lowest BCUT2D eigenvalue weighted by molar-refractivity contribution is -0.116. The third kappa shape index (κ3) is 5.87. The van der Waals surface area contributed by atoms with E-state index in [2.05, 4.69) is 10.4 Å². The monoisotopic (exact) mass is 322 g/mol. The maximum Gasteiger partial charge on any atom is 0.224 e. The van der Waals surface area contributed by atoms with Crippen molar-refractivity contribution in [2.24, 2.45) is 5.73 Å². The number of halogens is 1. The number of unbranched alkanes of at least 4 members (excludes halogenated alkanes) is 3. The maximum absolute atomic E-state index is 11.8. The van der Waals surface area contributed by atoms with E-state index in [9.17, 15) is 4.79 Å². The summed E-state index contributed by atoms with van der Waals surface area (Å²) in [5.74, 6) is 0.0374. The predicted octanol–water partition coefficient (Wildman–Crippen LogP) is 3.14. The van der Waals surface area contributed by atoms with Crippen LogP contribution < -0.4 is 11.1 Å². The second-order valence-electron chi connectivity index (χ2n) is 5.01. The van der Waals surface area contributed by atoms with Gasteiger partial charge in [0.25, 0.3) is 0 Å². The van der Waals surface area contributed by atoms with Crippen molar-refractivity contribution in [1.29, 1.82) is 0 Å². The second kappa shape index (κ2) is 9.97. The van der Waals surface area contributed by atoms with Crippen LogP contribution in [0, 0.1) is 0 Å². The molecule has 0 radical (unpaired) electrons. The number of para-hydroxylation sites is 1. The van der Waals surface area contributed by atoms with E-state index in [1.165, 1.54) is 0 Å². The summed E-state index contributed by atoms with van der Waals surface area (Å²) < 4.78 is 1.75. The molecule has 0 atom stereocenters. The molecule has 1 aromatic heterocycles. The Balaban J connectivity index is 0.00000242. The van der Waals surface area contributed by atoms with Gasteiger partial charge < -0.3 is 11.1 Å². The van der Waals surface area contributed by atoms with Crippen LogP contribution in [0.2, 0.25) is 0 Å². The maximum atomic E-state index is 11.8. The van der Waals surface area contributed by atoms with Gasteiger partial charge in [-0.15, -0.1) is 12.4 Å². The number of benzene rings is 1. The molecular formula is C16H23ClN4O. The Hall–Kier alpha value is -1.85. The van der Waals surface area contributed by atoms with E-state index in [0.717, 1.165) is 43.6 Å². The van der Waals surface area contributed by atoms with Crippen LogP contribution in [0.25, 0.3) is 5.69 Å². The number of carbonyl (C=O) groups is 1. The lowest BCUT2D eigenvalue weighted by atomic mass is 10.1. The Bertz CT molecular complexity index is 556. The SMILES string of the molecule is Cl.NCCCCCCC(=O)Nc1cnn(-c2ccccc2)c1. The largest absolute Gasteiger partial charge is 0.330 e. The fourth-order valence-electron chi connectivity index (χ4n) is 2.12. The Kier molecular flexibility index (Phi) is 8.25. The zero-order valence-corrected chi connectivity index (χ0v) is 13.4. The number of amides is 1. The summed E-state index contributed by atoms with van der Waals surface area (Å²) in [4.78, 5) is 11.8. The summed E-state index contributed by atoms with van der Waals surface area (Å²) in [7, 11) is 0. The first-order chi connectivity index (χ1) is 10.3. The van der Waals surface area contributed by atoms with E-state index in [0.29, 0.717) is 6.42 Å². The number of nitrogens with two attached hydrogens (primary N) is 1. The molecule has 22 heavy (non-hydrogen) atoms. The molecule has 6 heteroatoms. The summed E-state index contributed by atoms with van der Waals surface area (Å²) in [6.07, 6.45) is 8.11. The predicted molar refractivity (Wildman–Crippen MR) is 91.6 cm³/mol. The average molecular weight is 323 g/mol. The average Bonchev–Trinajstić information content (AvgIpc) is 2.96. The molecule has 3 N–H and O–H groups in total. The van der Waals surface area contributed by atoms with Crippen LogP contribution in [0.4, 0.5) is 5.69 Å². The van der Waals surface area contributed by atoms with E-state index in [1.807, 2.05) is 36.5 Å². The molecule has 0 unspecified atom stereocenters. The van der Waals surface area contributed by atoms with Crippen LogP contribution in [0.5, 0.6) is 0 Å². The lowest BCUT2D eigenvalue weighted by Gasteiger charge is -2.02. The van der Waals surface area contributed by atoms with Crippen molar-refractivity contribution < 1.29 is 4.79 Å². The third-order valence-electron chi connectivity index (χ3n) is 3.25. The van der Waals surface area contributed by atoms with Gasteiger partial charge in [0.15, 0.2) is 0 Å². The topological polar surface area (TPSA) is 72.9 Å². The van der Waals surface area contributed by atoms with Crippen molar-refractivity contribution in [3.8, 4) is 5.69 Å². The highest BCUT2D eigenvalue weighted by Gasteiger charge is 2.05. The molecule has 0 aliphatic heterocycles. The Morgan fingerprint density at radius 2 is 1.86 bits per heavy atom. The van der Waals surface area contributed by atoms with Crippen LogP contribution in [0.3, 0.4) is 0 Å². The van der Waals surface area contributed by atoms with E-state index in [4.69, 9.17) is 5.73 Å². The van der Waals surface area contributed by atoms with Gasteiger partial charge >= 0.3 is 0 Å². The van der Waals surface area contributed by atoms with Crippen LogP contribution in [-0.2, 0) is 4.79 Å². The fourth-order valence-corrected chi connectivity index (χ4v) is 2.12. The first-order valence-corrected chi connectivity index (χ1v) is 7.39. The van der Waals surface area contributed by atoms with Gasteiger partial charge in [-0.05, 0) is 31.5 Å². The minimum Gasteiger partial charge on any atom is -0.330 e. The molecule has 2 aromatic rings. The number of hydrogen-bond donors (Lipinski definition) is 2. The van der Waals surface area contributed by atoms with Crippen LogP contribution in [0.15, 0.2) is 42.7 Å². The first kappa shape index (κ1) is 18.2. The molecule has 1 amide bonds. The van der Waals surface area contributed by atoms with E-state index < -0.39 is 0 Å². The molecule has 0 spiro atoms.